The zero-order valence-electron chi connectivity index (χ0n) is 16.0. The van der Waals surface area contributed by atoms with Gasteiger partial charge >= 0.3 is 0 Å². The van der Waals surface area contributed by atoms with Crippen molar-refractivity contribution >= 4 is 5.91 Å². The van der Waals surface area contributed by atoms with Gasteiger partial charge in [-0.3, -0.25) is 4.79 Å². The molecule has 1 amide bonds. The molecule has 0 aliphatic rings. The van der Waals surface area contributed by atoms with Crippen LogP contribution in [0.1, 0.15) is 41.4 Å². The van der Waals surface area contributed by atoms with Crippen LogP contribution in [0.5, 0.6) is 11.5 Å². The van der Waals surface area contributed by atoms with Gasteiger partial charge in [0, 0.05) is 19.7 Å². The molecule has 0 aliphatic carbocycles. The van der Waals surface area contributed by atoms with Gasteiger partial charge in [0.25, 0.3) is 5.91 Å². The van der Waals surface area contributed by atoms with Crippen molar-refractivity contribution in [3.8, 4) is 33.9 Å². The number of nitrogens with one attached hydrogen (secondary N) is 1. The van der Waals surface area contributed by atoms with Gasteiger partial charge < -0.3 is 25.8 Å². The molecule has 2 aromatic carbocycles. The molecule has 0 radical (unpaired) electrons. The summed E-state index contributed by atoms with van der Waals surface area (Å²) in [5.41, 5.74) is 8.87. The van der Waals surface area contributed by atoms with E-state index in [1.807, 2.05) is 38.1 Å². The molecule has 1 aromatic heterocycles. The molecule has 146 valence electrons. The summed E-state index contributed by atoms with van der Waals surface area (Å²) in [5.74, 6) is -0.306. The maximum atomic E-state index is 12.3. The second-order valence-electron chi connectivity index (χ2n) is 6.80. The number of hydrogen-bond acceptors (Lipinski definition) is 6. The number of aromatic hydroxyl groups is 2. The molecular weight excluding hydrogens is 358 g/mol. The van der Waals surface area contributed by atoms with Crippen molar-refractivity contribution in [3.05, 3.63) is 53.2 Å². The largest absolute Gasteiger partial charge is 0.508 e. The molecule has 7 nitrogen and oxygen atoms in total. The Morgan fingerprint density at radius 2 is 1.86 bits per heavy atom. The number of carbonyl (C=O) groups is 1. The van der Waals surface area contributed by atoms with Gasteiger partial charge in [0.2, 0.25) is 0 Å². The average Bonchev–Trinajstić information content (AvgIpc) is 3.12. The topological polar surface area (TPSA) is 122 Å². The zero-order valence-corrected chi connectivity index (χ0v) is 16.0. The number of nitrogens with two attached hydrogens (primary N) is 1. The standard InChI is InChI=1S/C21H23N3O4/c1-11(2)14-8-15(17(26)9-16(14)25)20-18(19(24-28-20)21(27)23-3)13-6-4-12(10-22)5-7-13/h4-9,11,25-26H,10,22H2,1-3H3,(H,23,27). The highest BCUT2D eigenvalue weighted by Gasteiger charge is 2.26. The summed E-state index contributed by atoms with van der Waals surface area (Å²) in [6, 6.07) is 10.3. The van der Waals surface area contributed by atoms with Gasteiger partial charge in [-0.15, -0.1) is 0 Å². The van der Waals surface area contributed by atoms with Gasteiger partial charge in [-0.2, -0.15) is 0 Å². The lowest BCUT2D eigenvalue weighted by atomic mass is 9.94. The van der Waals surface area contributed by atoms with Gasteiger partial charge in [-0.25, -0.2) is 0 Å². The van der Waals surface area contributed by atoms with E-state index in [-0.39, 0.29) is 28.9 Å². The molecule has 0 unspecified atom stereocenters. The third-order valence-electron chi connectivity index (χ3n) is 4.62. The smallest absolute Gasteiger partial charge is 0.273 e. The lowest BCUT2D eigenvalue weighted by molar-refractivity contribution is 0.0955. The van der Waals surface area contributed by atoms with Crippen molar-refractivity contribution in [2.24, 2.45) is 5.73 Å². The first-order valence-electron chi connectivity index (χ1n) is 8.94. The summed E-state index contributed by atoms with van der Waals surface area (Å²) in [7, 11) is 1.51. The molecule has 3 aromatic rings. The van der Waals surface area contributed by atoms with E-state index in [2.05, 4.69) is 10.5 Å². The maximum absolute atomic E-state index is 12.3. The fourth-order valence-corrected chi connectivity index (χ4v) is 3.06. The second kappa shape index (κ2) is 7.74. The van der Waals surface area contributed by atoms with Crippen LogP contribution in [-0.4, -0.2) is 28.3 Å². The summed E-state index contributed by atoms with van der Waals surface area (Å²) < 4.78 is 5.49. The normalized spacial score (nSPS) is 11.0. The fourth-order valence-electron chi connectivity index (χ4n) is 3.06. The molecule has 0 saturated heterocycles. The Bertz CT molecular complexity index is 1010. The molecule has 0 fully saturated rings. The van der Waals surface area contributed by atoms with Crippen LogP contribution in [-0.2, 0) is 6.54 Å². The highest BCUT2D eigenvalue weighted by molar-refractivity contribution is 6.02. The van der Waals surface area contributed by atoms with Crippen molar-refractivity contribution in [3.63, 3.8) is 0 Å². The molecule has 0 atom stereocenters. The summed E-state index contributed by atoms with van der Waals surface area (Å²) in [5, 5.41) is 27.1. The van der Waals surface area contributed by atoms with E-state index in [1.165, 1.54) is 13.1 Å². The first-order chi connectivity index (χ1) is 13.4. The van der Waals surface area contributed by atoms with Crippen molar-refractivity contribution in [2.45, 2.75) is 26.3 Å². The SMILES string of the molecule is CNC(=O)c1noc(-c2cc(C(C)C)c(O)cc2O)c1-c1ccc(CN)cc1. The monoisotopic (exact) mass is 381 g/mol. The minimum absolute atomic E-state index is 0.00358. The Kier molecular flexibility index (Phi) is 5.37. The van der Waals surface area contributed by atoms with Gasteiger partial charge in [0.15, 0.2) is 11.5 Å². The van der Waals surface area contributed by atoms with Crippen LogP contribution in [0, 0.1) is 0 Å². The van der Waals surface area contributed by atoms with E-state index in [9.17, 15) is 15.0 Å². The van der Waals surface area contributed by atoms with Gasteiger partial charge in [0.1, 0.15) is 11.5 Å². The third-order valence-corrected chi connectivity index (χ3v) is 4.62. The fraction of sp³-hybridized carbons (Fsp3) is 0.238. The van der Waals surface area contributed by atoms with E-state index in [1.54, 1.807) is 6.07 Å². The molecule has 1 heterocycles. The van der Waals surface area contributed by atoms with E-state index in [0.717, 1.165) is 5.56 Å². The van der Waals surface area contributed by atoms with Crippen LogP contribution < -0.4 is 11.1 Å². The van der Waals surface area contributed by atoms with E-state index < -0.39 is 5.91 Å². The van der Waals surface area contributed by atoms with Crippen LogP contribution >= 0.6 is 0 Å². The van der Waals surface area contributed by atoms with E-state index in [0.29, 0.717) is 28.8 Å². The Labute approximate surface area is 162 Å². The molecule has 0 spiro atoms. The number of amides is 1. The highest BCUT2D eigenvalue weighted by atomic mass is 16.5. The van der Waals surface area contributed by atoms with Crippen LogP contribution in [0.15, 0.2) is 40.9 Å². The van der Waals surface area contributed by atoms with Gasteiger partial charge in [-0.05, 0) is 28.7 Å². The molecule has 3 rings (SSSR count). The van der Waals surface area contributed by atoms with Gasteiger partial charge in [-0.1, -0.05) is 43.3 Å². The number of benzene rings is 2. The van der Waals surface area contributed by atoms with E-state index >= 15 is 0 Å². The lowest BCUT2D eigenvalue weighted by Crippen LogP contribution is -2.19. The number of hydrogen-bond donors (Lipinski definition) is 4. The Hall–Kier alpha value is -3.32. The molecule has 5 N–H and O–H groups in total. The van der Waals surface area contributed by atoms with Crippen molar-refractivity contribution in [2.75, 3.05) is 7.05 Å². The third kappa shape index (κ3) is 3.44. The maximum Gasteiger partial charge on any atom is 0.273 e. The number of rotatable bonds is 5. The summed E-state index contributed by atoms with van der Waals surface area (Å²) >= 11 is 0. The van der Waals surface area contributed by atoms with Crippen molar-refractivity contribution in [1.29, 1.82) is 0 Å². The Morgan fingerprint density at radius 1 is 1.18 bits per heavy atom. The lowest BCUT2D eigenvalue weighted by Gasteiger charge is -2.12. The zero-order chi connectivity index (χ0) is 20.4. The number of phenols is 2. The van der Waals surface area contributed by atoms with Crippen LogP contribution in [0.4, 0.5) is 0 Å². The van der Waals surface area contributed by atoms with Gasteiger partial charge in [0.05, 0.1) is 11.1 Å². The minimum Gasteiger partial charge on any atom is -0.508 e. The number of nitrogens with zero attached hydrogens (tertiary/aromatic N) is 1. The number of carbonyl (C=O) groups excluding carboxylic acids is 1. The average molecular weight is 381 g/mol. The van der Waals surface area contributed by atoms with Crippen molar-refractivity contribution in [1.82, 2.24) is 10.5 Å². The van der Waals surface area contributed by atoms with Crippen molar-refractivity contribution < 1.29 is 19.5 Å². The molecule has 7 heteroatoms. The number of aromatic nitrogens is 1. The predicted octanol–water partition coefficient (Wildman–Crippen LogP) is 3.36. The van der Waals surface area contributed by atoms with Crippen LogP contribution in [0.2, 0.25) is 0 Å². The summed E-state index contributed by atoms with van der Waals surface area (Å²) in [6.45, 7) is 4.26. The summed E-state index contributed by atoms with van der Waals surface area (Å²) in [6.07, 6.45) is 0. The second-order valence-corrected chi connectivity index (χ2v) is 6.80. The molecule has 28 heavy (non-hydrogen) atoms. The van der Waals surface area contributed by atoms with E-state index in [4.69, 9.17) is 10.3 Å². The highest BCUT2D eigenvalue weighted by Crippen LogP contribution is 2.43. The minimum atomic E-state index is -0.407. The first-order valence-corrected chi connectivity index (χ1v) is 8.94. The molecule has 0 saturated carbocycles. The quantitative estimate of drug-likeness (QED) is 0.538. The Balaban J connectivity index is 2.26. The number of phenolic OH excluding ortho intramolecular Hbond substituents is 2. The molecule has 0 bridgehead atoms. The predicted molar refractivity (Wildman–Crippen MR) is 106 cm³/mol. The summed E-state index contributed by atoms with van der Waals surface area (Å²) in [4.78, 5) is 12.3. The first kappa shape index (κ1) is 19.4. The Morgan fingerprint density at radius 3 is 2.43 bits per heavy atom. The van der Waals surface area contributed by atoms with Crippen LogP contribution in [0.25, 0.3) is 22.5 Å². The molecular formula is C21H23N3O4. The molecule has 0 aliphatic heterocycles. The van der Waals surface area contributed by atoms with Crippen LogP contribution in [0.3, 0.4) is 0 Å².